The van der Waals surface area contributed by atoms with Gasteiger partial charge in [-0.15, -0.1) is 0 Å². The lowest BCUT2D eigenvalue weighted by Gasteiger charge is -2.27. The molecule has 2 unspecified atom stereocenters. The topological polar surface area (TPSA) is 108 Å². The van der Waals surface area contributed by atoms with Crippen LogP contribution in [0.15, 0.2) is 44.8 Å². The Labute approximate surface area is 208 Å². The average Bonchev–Trinajstić information content (AvgIpc) is 3.27. The molecule has 10 heteroatoms. The third kappa shape index (κ3) is 5.33. The van der Waals surface area contributed by atoms with Crippen LogP contribution in [0.5, 0.6) is 0 Å². The first kappa shape index (κ1) is 24.4. The molecule has 0 aromatic carbocycles. The number of carbonyl (C=O) groups is 2. The number of halogens is 1. The number of carbonyl (C=O) groups excluding carboxylic acids is 2. The first-order chi connectivity index (χ1) is 16.4. The number of rotatable bonds is 7. The average molecular weight is 531 g/mol. The van der Waals surface area contributed by atoms with Gasteiger partial charge in [-0.2, -0.15) is 0 Å². The molecule has 1 fully saturated rings. The van der Waals surface area contributed by atoms with Crippen LogP contribution < -0.4 is 16.0 Å². The second-order valence-electron chi connectivity index (χ2n) is 8.72. The maximum Gasteiger partial charge on any atom is 0.249 e. The number of amides is 2. The molecule has 3 N–H and O–H groups in total. The molecule has 1 saturated heterocycles. The molecule has 9 nitrogen and oxygen atoms in total. The molecule has 1 aromatic rings. The van der Waals surface area contributed by atoms with E-state index in [-0.39, 0.29) is 17.9 Å². The second kappa shape index (κ2) is 10.7. The zero-order chi connectivity index (χ0) is 24.2. The van der Waals surface area contributed by atoms with Gasteiger partial charge in [0.1, 0.15) is 12.4 Å². The quantitative estimate of drug-likeness (QED) is 0.467. The van der Waals surface area contributed by atoms with Crippen LogP contribution in [0.2, 0.25) is 0 Å². The minimum Gasteiger partial charge on any atom is -0.396 e. The van der Waals surface area contributed by atoms with Crippen molar-refractivity contribution in [3.8, 4) is 0 Å². The lowest BCUT2D eigenvalue weighted by molar-refractivity contribution is -0.118. The van der Waals surface area contributed by atoms with E-state index in [9.17, 15) is 9.59 Å². The highest BCUT2D eigenvalue weighted by Gasteiger charge is 2.34. The van der Waals surface area contributed by atoms with Crippen LogP contribution in [0.4, 0.5) is 5.82 Å². The molecule has 3 aliphatic heterocycles. The number of hydrogen-bond acceptors (Lipinski definition) is 7. The van der Waals surface area contributed by atoms with Crippen molar-refractivity contribution < 1.29 is 14.4 Å². The smallest absolute Gasteiger partial charge is 0.249 e. The van der Waals surface area contributed by atoms with Gasteiger partial charge in [0.25, 0.3) is 0 Å². The van der Waals surface area contributed by atoms with Crippen molar-refractivity contribution in [1.82, 2.24) is 20.5 Å². The zero-order valence-electron chi connectivity index (χ0n) is 19.8. The molecule has 3 aliphatic rings. The van der Waals surface area contributed by atoms with Gasteiger partial charge in [-0.05, 0) is 54.4 Å². The van der Waals surface area contributed by atoms with Crippen LogP contribution in [0, 0.1) is 0 Å². The predicted molar refractivity (Wildman–Crippen MR) is 134 cm³/mol. The van der Waals surface area contributed by atoms with E-state index >= 15 is 0 Å². The number of nitrogens with zero attached hydrogens (tertiary/aromatic N) is 3. The Hall–Kier alpha value is -2.72. The Bertz CT molecular complexity index is 1060. The standard InChI is InChI=1S/C24H31BrN6O3/c1-4-34-30-17-5-8-31(9-6-17)10-7-26-24(33)21-14(2)20(28-15(21)3)12-19-18-11-16(25)13-27-22(18)29-23(19)32/h11-13,15,19,28H,4-10H2,1-3H3,(H,26,33)(H,27,29,32)/b20-12-. The number of piperidine rings is 1. The Morgan fingerprint density at radius 2 is 2.18 bits per heavy atom. The Morgan fingerprint density at radius 3 is 2.91 bits per heavy atom. The van der Waals surface area contributed by atoms with Crippen LogP contribution in [0.25, 0.3) is 0 Å². The number of allylic oxidation sites excluding steroid dienone is 1. The fourth-order valence-corrected chi connectivity index (χ4v) is 4.94. The van der Waals surface area contributed by atoms with Gasteiger partial charge in [-0.1, -0.05) is 5.16 Å². The second-order valence-corrected chi connectivity index (χ2v) is 9.63. The summed E-state index contributed by atoms with van der Waals surface area (Å²) in [5, 5.41) is 13.4. The number of oxime groups is 1. The molecule has 0 bridgehead atoms. The van der Waals surface area contributed by atoms with Gasteiger partial charge in [0.05, 0.1) is 17.7 Å². The summed E-state index contributed by atoms with van der Waals surface area (Å²) in [6, 6.07) is 1.77. The predicted octanol–water partition coefficient (Wildman–Crippen LogP) is 2.68. The van der Waals surface area contributed by atoms with Crippen LogP contribution in [0.1, 0.15) is 45.1 Å². The lowest BCUT2D eigenvalue weighted by atomic mass is 9.99. The van der Waals surface area contributed by atoms with E-state index in [2.05, 4.69) is 46.9 Å². The van der Waals surface area contributed by atoms with Crippen LogP contribution in [-0.2, 0) is 14.4 Å². The number of fused-ring (bicyclic) bond motifs is 1. The van der Waals surface area contributed by atoms with Crippen molar-refractivity contribution in [1.29, 1.82) is 0 Å². The normalized spacial score (nSPS) is 23.6. The third-order valence-electron chi connectivity index (χ3n) is 6.40. The molecule has 0 radical (unpaired) electrons. The molecule has 2 amide bonds. The number of aromatic nitrogens is 1. The fourth-order valence-electron chi connectivity index (χ4n) is 4.59. The summed E-state index contributed by atoms with van der Waals surface area (Å²) >= 11 is 3.43. The van der Waals surface area contributed by atoms with Crippen molar-refractivity contribution in [2.45, 2.75) is 45.6 Å². The molecule has 0 aliphatic carbocycles. The molecule has 34 heavy (non-hydrogen) atoms. The third-order valence-corrected chi connectivity index (χ3v) is 6.84. The summed E-state index contributed by atoms with van der Waals surface area (Å²) in [6.07, 6.45) is 5.35. The summed E-state index contributed by atoms with van der Waals surface area (Å²) in [7, 11) is 0. The monoisotopic (exact) mass is 530 g/mol. The Morgan fingerprint density at radius 1 is 1.41 bits per heavy atom. The number of nitrogens with one attached hydrogen (secondary N) is 3. The summed E-state index contributed by atoms with van der Waals surface area (Å²) in [5.41, 5.74) is 4.31. The molecule has 4 rings (SSSR count). The van der Waals surface area contributed by atoms with E-state index in [0.717, 1.165) is 59.5 Å². The van der Waals surface area contributed by atoms with E-state index in [1.54, 1.807) is 6.20 Å². The van der Waals surface area contributed by atoms with Crippen LogP contribution in [-0.4, -0.2) is 66.2 Å². The van der Waals surface area contributed by atoms with Gasteiger partial charge >= 0.3 is 0 Å². The minimum atomic E-state index is -0.456. The molecular formula is C24H31BrN6O3. The molecule has 2 atom stereocenters. The van der Waals surface area contributed by atoms with Crippen molar-refractivity contribution >= 4 is 39.3 Å². The first-order valence-corrected chi connectivity index (χ1v) is 12.5. The van der Waals surface area contributed by atoms with Gasteiger partial charge in [0.15, 0.2) is 0 Å². The number of pyridine rings is 1. The van der Waals surface area contributed by atoms with Gasteiger partial charge < -0.3 is 25.7 Å². The highest BCUT2D eigenvalue weighted by Crippen LogP contribution is 2.36. The van der Waals surface area contributed by atoms with Gasteiger partial charge in [0, 0.05) is 66.5 Å². The molecule has 0 saturated carbocycles. The lowest BCUT2D eigenvalue weighted by Crippen LogP contribution is -2.41. The maximum absolute atomic E-state index is 13.0. The van der Waals surface area contributed by atoms with Gasteiger partial charge in [-0.25, -0.2) is 4.98 Å². The maximum atomic E-state index is 13.0. The fraction of sp³-hybridized carbons (Fsp3) is 0.500. The molecule has 4 heterocycles. The molecule has 1 aromatic heterocycles. The highest BCUT2D eigenvalue weighted by molar-refractivity contribution is 9.10. The number of anilines is 1. The van der Waals surface area contributed by atoms with E-state index in [4.69, 9.17) is 4.84 Å². The summed E-state index contributed by atoms with van der Waals surface area (Å²) in [5.74, 6) is -0.0709. The highest BCUT2D eigenvalue weighted by atomic mass is 79.9. The number of likely N-dealkylation sites (tertiary alicyclic amines) is 1. The van der Waals surface area contributed by atoms with Crippen LogP contribution >= 0.6 is 15.9 Å². The van der Waals surface area contributed by atoms with Crippen molar-refractivity contribution in [3.63, 3.8) is 0 Å². The van der Waals surface area contributed by atoms with E-state index in [1.807, 2.05) is 32.9 Å². The minimum absolute atomic E-state index is 0.0720. The van der Waals surface area contributed by atoms with Crippen molar-refractivity contribution in [2.24, 2.45) is 5.16 Å². The Kier molecular flexibility index (Phi) is 7.67. The van der Waals surface area contributed by atoms with E-state index < -0.39 is 5.92 Å². The van der Waals surface area contributed by atoms with Crippen molar-refractivity contribution in [3.05, 3.63) is 45.2 Å². The summed E-state index contributed by atoms with van der Waals surface area (Å²) in [6.45, 7) is 9.63. The molecule has 0 spiro atoms. The molecule has 182 valence electrons. The number of hydrogen-bond donors (Lipinski definition) is 3. The Balaban J connectivity index is 1.36. The van der Waals surface area contributed by atoms with Crippen molar-refractivity contribution in [2.75, 3.05) is 38.1 Å². The van der Waals surface area contributed by atoms with Crippen LogP contribution in [0.3, 0.4) is 0 Å². The summed E-state index contributed by atoms with van der Waals surface area (Å²) < 4.78 is 0.817. The molecular weight excluding hydrogens is 500 g/mol. The van der Waals surface area contributed by atoms with E-state index in [0.29, 0.717) is 24.5 Å². The first-order valence-electron chi connectivity index (χ1n) is 11.7. The largest absolute Gasteiger partial charge is 0.396 e. The SMILES string of the molecule is CCON=C1CCN(CCNC(=O)C2=C(C)/C(=C/C3C(=O)Nc4ncc(Br)cc43)NC2C)CC1. The zero-order valence-corrected chi connectivity index (χ0v) is 21.4. The van der Waals surface area contributed by atoms with Gasteiger partial charge in [0.2, 0.25) is 11.8 Å². The van der Waals surface area contributed by atoms with Gasteiger partial charge in [-0.3, -0.25) is 9.59 Å². The summed E-state index contributed by atoms with van der Waals surface area (Å²) in [4.78, 5) is 37.3. The van der Waals surface area contributed by atoms with E-state index in [1.165, 1.54) is 0 Å².